The molecular formula is C14H19NO3. The van der Waals surface area contributed by atoms with Crippen LogP contribution in [0.25, 0.3) is 6.08 Å². The second-order valence-electron chi connectivity index (χ2n) is 4.75. The second-order valence-corrected chi connectivity index (χ2v) is 4.75. The van der Waals surface area contributed by atoms with E-state index in [1.165, 1.54) is 6.08 Å². The van der Waals surface area contributed by atoms with Crippen molar-refractivity contribution in [2.45, 2.75) is 44.8 Å². The third-order valence-corrected chi connectivity index (χ3v) is 3.22. The van der Waals surface area contributed by atoms with Gasteiger partial charge < -0.3 is 14.8 Å². The summed E-state index contributed by atoms with van der Waals surface area (Å²) in [6, 6.07) is 3.55. The van der Waals surface area contributed by atoms with Gasteiger partial charge >= 0.3 is 0 Å². The molecule has 2 atom stereocenters. The van der Waals surface area contributed by atoms with Crippen molar-refractivity contribution in [2.75, 3.05) is 0 Å². The zero-order valence-electron chi connectivity index (χ0n) is 10.6. The quantitative estimate of drug-likeness (QED) is 0.806. The molecule has 0 radical (unpaired) electrons. The molecule has 2 N–H and O–H groups in total. The van der Waals surface area contributed by atoms with Gasteiger partial charge in [0.15, 0.2) is 0 Å². The first kappa shape index (κ1) is 12.9. The van der Waals surface area contributed by atoms with Crippen LogP contribution in [0.1, 0.15) is 37.2 Å². The summed E-state index contributed by atoms with van der Waals surface area (Å²) < 4.78 is 5.33. The topological polar surface area (TPSA) is 62.5 Å². The number of carbonyl (C=O) groups is 1. The van der Waals surface area contributed by atoms with Crippen LogP contribution >= 0.6 is 0 Å². The monoisotopic (exact) mass is 249 g/mol. The van der Waals surface area contributed by atoms with E-state index in [1.807, 2.05) is 19.1 Å². The lowest BCUT2D eigenvalue weighted by molar-refractivity contribution is -0.118. The molecule has 98 valence electrons. The van der Waals surface area contributed by atoms with E-state index < -0.39 is 6.10 Å². The zero-order chi connectivity index (χ0) is 13.0. The Hall–Kier alpha value is -1.55. The van der Waals surface area contributed by atoms with E-state index in [9.17, 15) is 9.90 Å². The lowest BCUT2D eigenvalue weighted by Gasteiger charge is -2.27. The van der Waals surface area contributed by atoms with Crippen molar-refractivity contribution in [1.29, 1.82) is 0 Å². The highest BCUT2D eigenvalue weighted by Gasteiger charge is 2.23. The van der Waals surface area contributed by atoms with Gasteiger partial charge in [0.1, 0.15) is 11.5 Å². The van der Waals surface area contributed by atoms with Crippen LogP contribution in [0.15, 0.2) is 22.6 Å². The minimum Gasteiger partial charge on any atom is -0.462 e. The molecule has 0 spiro atoms. The summed E-state index contributed by atoms with van der Waals surface area (Å²) in [7, 11) is 0. The molecule has 0 aromatic carbocycles. The summed E-state index contributed by atoms with van der Waals surface area (Å²) in [5, 5.41) is 12.6. The minimum atomic E-state index is -0.415. The molecule has 1 fully saturated rings. The van der Waals surface area contributed by atoms with Gasteiger partial charge in [0.05, 0.1) is 12.1 Å². The number of hydrogen-bond donors (Lipinski definition) is 2. The largest absolute Gasteiger partial charge is 0.462 e. The maximum Gasteiger partial charge on any atom is 0.244 e. The number of aliphatic hydroxyl groups is 1. The van der Waals surface area contributed by atoms with Crippen molar-refractivity contribution in [3.63, 3.8) is 0 Å². The van der Waals surface area contributed by atoms with Gasteiger partial charge in [0.2, 0.25) is 5.91 Å². The second kappa shape index (κ2) is 5.87. The molecule has 4 heteroatoms. The van der Waals surface area contributed by atoms with Crippen LogP contribution in [-0.2, 0) is 4.79 Å². The number of aryl methyl sites for hydroxylation is 1. The summed E-state index contributed by atoms with van der Waals surface area (Å²) in [5.41, 5.74) is 0. The van der Waals surface area contributed by atoms with Crippen molar-refractivity contribution in [3.8, 4) is 0 Å². The lowest BCUT2D eigenvalue weighted by Crippen LogP contribution is -2.44. The number of carbonyl (C=O) groups excluding carboxylic acids is 1. The van der Waals surface area contributed by atoms with E-state index in [4.69, 9.17) is 4.42 Å². The Balaban J connectivity index is 1.86. The summed E-state index contributed by atoms with van der Waals surface area (Å²) in [6.45, 7) is 1.86. The van der Waals surface area contributed by atoms with Crippen LogP contribution in [0.2, 0.25) is 0 Å². The van der Waals surface area contributed by atoms with Crippen LogP contribution in [0.5, 0.6) is 0 Å². The summed E-state index contributed by atoms with van der Waals surface area (Å²) in [5.74, 6) is 1.29. The first-order valence-corrected chi connectivity index (χ1v) is 6.38. The number of hydrogen-bond acceptors (Lipinski definition) is 3. The maximum atomic E-state index is 11.7. The predicted octanol–water partition coefficient (Wildman–Crippen LogP) is 2.02. The molecule has 4 nitrogen and oxygen atoms in total. The molecule has 0 bridgehead atoms. The molecule has 0 saturated heterocycles. The minimum absolute atomic E-state index is 0.116. The van der Waals surface area contributed by atoms with Gasteiger partial charge in [-0.3, -0.25) is 4.79 Å². The molecule has 1 aliphatic carbocycles. The zero-order valence-corrected chi connectivity index (χ0v) is 10.6. The molecule has 1 saturated carbocycles. The fourth-order valence-corrected chi connectivity index (χ4v) is 2.21. The molecule has 1 aliphatic rings. The van der Waals surface area contributed by atoms with E-state index in [0.29, 0.717) is 5.76 Å². The Morgan fingerprint density at radius 1 is 1.44 bits per heavy atom. The fraction of sp³-hybridized carbons (Fsp3) is 0.500. The molecule has 1 heterocycles. The van der Waals surface area contributed by atoms with Gasteiger partial charge in [-0.25, -0.2) is 0 Å². The highest BCUT2D eigenvalue weighted by atomic mass is 16.3. The maximum absolute atomic E-state index is 11.7. The number of rotatable bonds is 3. The average Bonchev–Trinajstić information content (AvgIpc) is 2.76. The molecule has 1 aromatic rings. The van der Waals surface area contributed by atoms with Gasteiger partial charge in [-0.05, 0) is 38.0 Å². The van der Waals surface area contributed by atoms with Crippen LogP contribution in [0.3, 0.4) is 0 Å². The fourth-order valence-electron chi connectivity index (χ4n) is 2.21. The van der Waals surface area contributed by atoms with Crippen molar-refractivity contribution < 1.29 is 14.3 Å². The van der Waals surface area contributed by atoms with Crippen molar-refractivity contribution in [2.24, 2.45) is 0 Å². The number of furan rings is 1. The predicted molar refractivity (Wildman–Crippen MR) is 68.9 cm³/mol. The Bertz CT molecular complexity index is 436. The van der Waals surface area contributed by atoms with Crippen LogP contribution in [0.4, 0.5) is 0 Å². The first-order valence-electron chi connectivity index (χ1n) is 6.38. The Kier molecular flexibility index (Phi) is 4.20. The van der Waals surface area contributed by atoms with E-state index in [1.54, 1.807) is 6.08 Å². The van der Waals surface area contributed by atoms with Crippen molar-refractivity contribution in [3.05, 3.63) is 29.7 Å². The van der Waals surface area contributed by atoms with E-state index in [0.717, 1.165) is 31.4 Å². The van der Waals surface area contributed by atoms with Gasteiger partial charge in [-0.15, -0.1) is 0 Å². The van der Waals surface area contributed by atoms with E-state index >= 15 is 0 Å². The van der Waals surface area contributed by atoms with Gasteiger partial charge in [0.25, 0.3) is 0 Å². The standard InChI is InChI=1S/C14H19NO3/c1-10-6-7-11(18-10)8-9-14(17)15-12-4-2-3-5-13(12)16/h6-9,12-13,16H,2-5H2,1H3,(H,15,17). The molecule has 0 aliphatic heterocycles. The first-order chi connectivity index (χ1) is 8.65. The van der Waals surface area contributed by atoms with Crippen LogP contribution < -0.4 is 5.32 Å². The van der Waals surface area contributed by atoms with Crippen molar-refractivity contribution >= 4 is 12.0 Å². The molecular weight excluding hydrogens is 230 g/mol. The van der Waals surface area contributed by atoms with Gasteiger partial charge in [-0.1, -0.05) is 12.8 Å². The van der Waals surface area contributed by atoms with Crippen molar-refractivity contribution in [1.82, 2.24) is 5.32 Å². The number of aliphatic hydroxyl groups excluding tert-OH is 1. The van der Waals surface area contributed by atoms with E-state index in [2.05, 4.69) is 5.32 Å². The third-order valence-electron chi connectivity index (χ3n) is 3.22. The smallest absolute Gasteiger partial charge is 0.244 e. The Labute approximate surface area is 107 Å². The number of nitrogens with one attached hydrogen (secondary N) is 1. The SMILES string of the molecule is Cc1ccc(C=CC(=O)NC2CCCCC2O)o1. The molecule has 2 unspecified atom stereocenters. The average molecular weight is 249 g/mol. The summed E-state index contributed by atoms with van der Waals surface area (Å²) in [4.78, 5) is 11.7. The molecule has 1 aromatic heterocycles. The lowest BCUT2D eigenvalue weighted by atomic mass is 9.92. The van der Waals surface area contributed by atoms with Gasteiger partial charge in [-0.2, -0.15) is 0 Å². The third kappa shape index (κ3) is 3.47. The number of amides is 1. The van der Waals surface area contributed by atoms with E-state index in [-0.39, 0.29) is 11.9 Å². The molecule has 18 heavy (non-hydrogen) atoms. The summed E-state index contributed by atoms with van der Waals surface area (Å²) >= 11 is 0. The van der Waals surface area contributed by atoms with Gasteiger partial charge in [0, 0.05) is 6.08 Å². The Morgan fingerprint density at radius 2 is 2.22 bits per heavy atom. The Morgan fingerprint density at radius 3 is 2.89 bits per heavy atom. The summed E-state index contributed by atoms with van der Waals surface area (Å²) in [6.07, 6.45) is 6.38. The molecule has 1 amide bonds. The van der Waals surface area contributed by atoms with Crippen LogP contribution in [-0.4, -0.2) is 23.2 Å². The highest BCUT2D eigenvalue weighted by molar-refractivity contribution is 5.91. The molecule has 2 rings (SSSR count). The van der Waals surface area contributed by atoms with Crippen LogP contribution in [0, 0.1) is 6.92 Å². The highest BCUT2D eigenvalue weighted by Crippen LogP contribution is 2.18. The normalized spacial score (nSPS) is 24.3.